The highest BCUT2D eigenvalue weighted by molar-refractivity contribution is 6.04. The Kier molecular flexibility index (Phi) is 3.14. The van der Waals surface area contributed by atoms with E-state index in [2.05, 4.69) is 20.3 Å². The zero-order valence-electron chi connectivity index (χ0n) is 10.9. The third-order valence-electron chi connectivity index (χ3n) is 2.78. The minimum Gasteiger partial charge on any atom is -0.320 e. The van der Waals surface area contributed by atoms with Crippen molar-refractivity contribution < 1.29 is 9.42 Å². The molecule has 0 atom stereocenters. The van der Waals surface area contributed by atoms with E-state index in [-0.39, 0.29) is 11.6 Å². The van der Waals surface area contributed by atoms with E-state index in [0.29, 0.717) is 5.69 Å². The number of amides is 1. The van der Waals surface area contributed by atoms with Gasteiger partial charge in [-0.15, -0.1) is 0 Å². The smallest absolute Gasteiger partial charge is 0.279 e. The summed E-state index contributed by atoms with van der Waals surface area (Å²) >= 11 is 0. The Hall–Kier alpha value is -2.17. The second kappa shape index (κ2) is 4.60. The lowest BCUT2D eigenvalue weighted by atomic mass is 10.0. The van der Waals surface area contributed by atoms with Crippen molar-refractivity contribution in [2.24, 2.45) is 0 Å². The quantitative estimate of drug-likeness (QED) is 0.882. The van der Waals surface area contributed by atoms with Crippen molar-refractivity contribution in [2.45, 2.75) is 27.7 Å². The number of nitrogens with one attached hydrogen (secondary N) is 1. The molecule has 0 saturated heterocycles. The van der Waals surface area contributed by atoms with Gasteiger partial charge in [0.1, 0.15) is 5.69 Å². The molecule has 1 amide bonds. The zero-order valence-corrected chi connectivity index (χ0v) is 10.9. The molecule has 0 fully saturated rings. The molecule has 1 N–H and O–H groups in total. The molecule has 94 valence electrons. The summed E-state index contributed by atoms with van der Waals surface area (Å²) in [5.74, 6) is -0.302. The average Bonchev–Trinajstić information content (AvgIpc) is 2.69. The third-order valence-corrected chi connectivity index (χ3v) is 2.78. The predicted molar refractivity (Wildman–Crippen MR) is 67.6 cm³/mol. The molecule has 0 aliphatic carbocycles. The van der Waals surface area contributed by atoms with Crippen LogP contribution in [0.5, 0.6) is 0 Å². The monoisotopic (exact) mass is 245 g/mol. The van der Waals surface area contributed by atoms with Gasteiger partial charge in [-0.1, -0.05) is 22.9 Å². The first-order valence-corrected chi connectivity index (χ1v) is 5.67. The number of aromatic nitrogens is 2. The van der Waals surface area contributed by atoms with Gasteiger partial charge in [-0.2, -0.15) is 0 Å². The fourth-order valence-corrected chi connectivity index (χ4v) is 1.99. The highest BCUT2D eigenvalue weighted by Crippen LogP contribution is 2.22. The highest BCUT2D eigenvalue weighted by Gasteiger charge is 2.16. The van der Waals surface area contributed by atoms with E-state index < -0.39 is 0 Å². The number of rotatable bonds is 2. The van der Waals surface area contributed by atoms with Gasteiger partial charge in [0.2, 0.25) is 0 Å². The van der Waals surface area contributed by atoms with E-state index in [1.807, 2.05) is 32.9 Å². The van der Waals surface area contributed by atoms with E-state index in [1.54, 1.807) is 6.92 Å². The fourth-order valence-electron chi connectivity index (χ4n) is 1.99. The zero-order chi connectivity index (χ0) is 13.3. The minimum atomic E-state index is -0.302. The summed E-state index contributed by atoms with van der Waals surface area (Å²) < 4.78 is 4.52. The molecule has 2 aromatic rings. The summed E-state index contributed by atoms with van der Waals surface area (Å²) in [6, 6.07) is 4.05. The van der Waals surface area contributed by atoms with Crippen LogP contribution >= 0.6 is 0 Å². The number of hydrogen-bond acceptors (Lipinski definition) is 4. The summed E-state index contributed by atoms with van der Waals surface area (Å²) in [7, 11) is 0. The van der Waals surface area contributed by atoms with Gasteiger partial charge < -0.3 is 5.32 Å². The number of hydrogen-bond donors (Lipinski definition) is 1. The first-order valence-electron chi connectivity index (χ1n) is 5.67. The minimum absolute atomic E-state index is 0.217. The van der Waals surface area contributed by atoms with Crippen molar-refractivity contribution >= 4 is 11.6 Å². The van der Waals surface area contributed by atoms with Gasteiger partial charge in [-0.05, 0) is 44.0 Å². The van der Waals surface area contributed by atoms with Crippen molar-refractivity contribution in [3.63, 3.8) is 0 Å². The normalized spacial score (nSPS) is 10.4. The number of carbonyl (C=O) groups excluding carboxylic acids is 1. The largest absolute Gasteiger partial charge is 0.320 e. The van der Waals surface area contributed by atoms with Gasteiger partial charge in [0.05, 0.1) is 0 Å². The molecule has 1 heterocycles. The molecular weight excluding hydrogens is 230 g/mol. The van der Waals surface area contributed by atoms with Crippen LogP contribution in [0, 0.1) is 27.7 Å². The molecule has 0 aliphatic heterocycles. The van der Waals surface area contributed by atoms with Crippen LogP contribution in [0.2, 0.25) is 0 Å². The van der Waals surface area contributed by atoms with Crippen molar-refractivity contribution in [1.29, 1.82) is 0 Å². The first kappa shape index (κ1) is 12.3. The standard InChI is InChI=1S/C13H15N3O2/c1-7-5-8(2)11(9(3)6-7)14-13(17)12-10(4)15-18-16-12/h5-6H,1-4H3,(H,14,17). The van der Waals surface area contributed by atoms with Crippen molar-refractivity contribution in [3.8, 4) is 0 Å². The predicted octanol–water partition coefficient (Wildman–Crippen LogP) is 2.56. The van der Waals surface area contributed by atoms with Gasteiger partial charge in [0.15, 0.2) is 5.69 Å². The van der Waals surface area contributed by atoms with Crippen LogP contribution in [0.4, 0.5) is 5.69 Å². The maximum absolute atomic E-state index is 12.0. The number of anilines is 1. The van der Waals surface area contributed by atoms with E-state index in [0.717, 1.165) is 16.8 Å². The van der Waals surface area contributed by atoms with E-state index in [1.165, 1.54) is 5.56 Å². The van der Waals surface area contributed by atoms with Gasteiger partial charge >= 0.3 is 0 Å². The van der Waals surface area contributed by atoms with Crippen LogP contribution in [-0.4, -0.2) is 16.2 Å². The molecule has 0 unspecified atom stereocenters. The van der Waals surface area contributed by atoms with Crippen LogP contribution in [0.1, 0.15) is 32.9 Å². The molecule has 1 aromatic heterocycles. The van der Waals surface area contributed by atoms with E-state index >= 15 is 0 Å². The van der Waals surface area contributed by atoms with Crippen molar-refractivity contribution in [2.75, 3.05) is 5.32 Å². The molecule has 2 rings (SSSR count). The van der Waals surface area contributed by atoms with Gasteiger partial charge in [0.25, 0.3) is 5.91 Å². The highest BCUT2D eigenvalue weighted by atomic mass is 16.6. The molecule has 1 aromatic carbocycles. The summed E-state index contributed by atoms with van der Waals surface area (Å²) in [5.41, 5.74) is 4.73. The molecule has 0 radical (unpaired) electrons. The van der Waals surface area contributed by atoms with Gasteiger partial charge in [0, 0.05) is 5.69 Å². The molecular formula is C13H15N3O2. The molecule has 0 aliphatic rings. The van der Waals surface area contributed by atoms with Crippen molar-refractivity contribution in [1.82, 2.24) is 10.3 Å². The molecule has 5 nitrogen and oxygen atoms in total. The molecule has 0 saturated carbocycles. The maximum Gasteiger partial charge on any atom is 0.279 e. The summed E-state index contributed by atoms with van der Waals surface area (Å²) in [4.78, 5) is 12.0. The first-order chi connectivity index (χ1) is 8.49. The van der Waals surface area contributed by atoms with Gasteiger partial charge in [-0.3, -0.25) is 4.79 Å². The Morgan fingerprint density at radius 2 is 1.72 bits per heavy atom. The number of carbonyl (C=O) groups is 1. The fraction of sp³-hybridized carbons (Fsp3) is 0.308. The second-order valence-electron chi connectivity index (χ2n) is 4.43. The lowest BCUT2D eigenvalue weighted by molar-refractivity contribution is 0.101. The SMILES string of the molecule is Cc1cc(C)c(NC(=O)c2nonc2C)c(C)c1. The Balaban J connectivity index is 2.31. The number of benzene rings is 1. The number of nitrogens with zero attached hydrogens (tertiary/aromatic N) is 2. The Bertz CT molecular complexity index is 579. The topological polar surface area (TPSA) is 68.0 Å². The van der Waals surface area contributed by atoms with Gasteiger partial charge in [-0.25, -0.2) is 4.63 Å². The number of aryl methyl sites for hydroxylation is 4. The van der Waals surface area contributed by atoms with Crippen LogP contribution < -0.4 is 5.32 Å². The second-order valence-corrected chi connectivity index (χ2v) is 4.43. The lowest BCUT2D eigenvalue weighted by Gasteiger charge is -2.11. The maximum atomic E-state index is 12.0. The Labute approximate surface area is 105 Å². The van der Waals surface area contributed by atoms with Crippen LogP contribution in [0.15, 0.2) is 16.8 Å². The van der Waals surface area contributed by atoms with E-state index in [4.69, 9.17) is 0 Å². The molecule has 18 heavy (non-hydrogen) atoms. The third kappa shape index (κ3) is 2.25. The molecule has 5 heteroatoms. The summed E-state index contributed by atoms with van der Waals surface area (Å²) in [6.07, 6.45) is 0. The van der Waals surface area contributed by atoms with Crippen LogP contribution in [0.25, 0.3) is 0 Å². The summed E-state index contributed by atoms with van der Waals surface area (Å²) in [6.45, 7) is 7.63. The van der Waals surface area contributed by atoms with Crippen LogP contribution in [-0.2, 0) is 0 Å². The lowest BCUT2D eigenvalue weighted by Crippen LogP contribution is -2.15. The Morgan fingerprint density at radius 3 is 2.22 bits per heavy atom. The summed E-state index contributed by atoms with van der Waals surface area (Å²) in [5, 5.41) is 10.0. The van der Waals surface area contributed by atoms with E-state index in [9.17, 15) is 4.79 Å². The van der Waals surface area contributed by atoms with Crippen molar-refractivity contribution in [3.05, 3.63) is 40.2 Å². The molecule has 0 bridgehead atoms. The molecule has 0 spiro atoms. The average molecular weight is 245 g/mol. The van der Waals surface area contributed by atoms with Crippen LogP contribution in [0.3, 0.4) is 0 Å². The Morgan fingerprint density at radius 1 is 1.11 bits per heavy atom.